The molecule has 0 aliphatic rings. The van der Waals surface area contributed by atoms with Gasteiger partial charge in [-0.1, -0.05) is 18.7 Å². The van der Waals surface area contributed by atoms with Crippen molar-refractivity contribution in [3.05, 3.63) is 66.6 Å². The molecule has 0 saturated heterocycles. The van der Waals surface area contributed by atoms with E-state index in [4.69, 9.17) is 0 Å². The molecule has 2 aromatic heterocycles. The highest BCUT2D eigenvalue weighted by atomic mass is 16.1. The number of anilines is 2. The quantitative estimate of drug-likeness (QED) is 0.613. The summed E-state index contributed by atoms with van der Waals surface area (Å²) in [5, 5.41) is 10.4. The SMILES string of the molecule is C=CC(=O)NCc1ccc(Nc2ncc(C)c(-c3cnn(C(C)C)c3)n2)cc1. The lowest BCUT2D eigenvalue weighted by molar-refractivity contribution is -0.116. The van der Waals surface area contributed by atoms with Crippen LogP contribution in [0.5, 0.6) is 0 Å². The third kappa shape index (κ3) is 4.62. The van der Waals surface area contributed by atoms with Gasteiger partial charge in [0.2, 0.25) is 11.9 Å². The maximum absolute atomic E-state index is 11.2. The second-order valence-corrected chi connectivity index (χ2v) is 6.77. The Kier molecular flexibility index (Phi) is 5.84. The minimum absolute atomic E-state index is 0.191. The van der Waals surface area contributed by atoms with E-state index in [-0.39, 0.29) is 5.91 Å². The Bertz CT molecular complexity index is 975. The van der Waals surface area contributed by atoms with Gasteiger partial charge in [-0.2, -0.15) is 5.10 Å². The molecule has 0 unspecified atom stereocenters. The maximum atomic E-state index is 11.2. The van der Waals surface area contributed by atoms with Crippen LogP contribution in [-0.2, 0) is 11.3 Å². The Balaban J connectivity index is 1.74. The van der Waals surface area contributed by atoms with Crippen LogP contribution in [0.1, 0.15) is 31.0 Å². The molecule has 3 aromatic rings. The summed E-state index contributed by atoms with van der Waals surface area (Å²) < 4.78 is 1.91. The number of nitrogens with one attached hydrogen (secondary N) is 2. The second kappa shape index (κ2) is 8.47. The molecule has 0 radical (unpaired) electrons. The van der Waals surface area contributed by atoms with Crippen LogP contribution in [0, 0.1) is 6.92 Å². The molecule has 2 N–H and O–H groups in total. The van der Waals surface area contributed by atoms with Crippen LogP contribution in [-0.4, -0.2) is 25.7 Å². The van der Waals surface area contributed by atoms with E-state index in [0.717, 1.165) is 28.1 Å². The Morgan fingerprint density at radius 1 is 1.25 bits per heavy atom. The summed E-state index contributed by atoms with van der Waals surface area (Å²) in [7, 11) is 0. The zero-order chi connectivity index (χ0) is 20.1. The molecule has 7 heteroatoms. The molecule has 0 saturated carbocycles. The van der Waals surface area contributed by atoms with E-state index in [2.05, 4.69) is 46.1 Å². The molecule has 28 heavy (non-hydrogen) atoms. The molecule has 0 aliphatic heterocycles. The van der Waals surface area contributed by atoms with Crippen molar-refractivity contribution in [2.24, 2.45) is 0 Å². The number of benzene rings is 1. The average Bonchev–Trinajstić information content (AvgIpc) is 3.19. The molecule has 0 bridgehead atoms. The highest BCUT2D eigenvalue weighted by molar-refractivity contribution is 5.86. The standard InChI is InChI=1S/C21H24N6O/c1-5-19(28)22-11-16-6-8-18(9-7-16)25-21-23-10-15(4)20(26-21)17-12-24-27(13-17)14(2)3/h5-10,12-14H,1,11H2,2-4H3,(H,22,28)(H,23,25,26). The van der Waals surface area contributed by atoms with Crippen molar-refractivity contribution in [2.45, 2.75) is 33.4 Å². The number of rotatable bonds is 7. The zero-order valence-electron chi connectivity index (χ0n) is 16.3. The minimum atomic E-state index is -0.191. The van der Waals surface area contributed by atoms with Gasteiger partial charge in [0, 0.05) is 36.2 Å². The van der Waals surface area contributed by atoms with Crippen LogP contribution in [0.25, 0.3) is 11.3 Å². The van der Waals surface area contributed by atoms with E-state index < -0.39 is 0 Å². The van der Waals surface area contributed by atoms with Crippen LogP contribution in [0.4, 0.5) is 11.6 Å². The molecular formula is C21H24N6O. The number of nitrogens with zero attached hydrogens (tertiary/aromatic N) is 4. The van der Waals surface area contributed by atoms with Crippen LogP contribution >= 0.6 is 0 Å². The van der Waals surface area contributed by atoms with Crippen LogP contribution in [0.3, 0.4) is 0 Å². The largest absolute Gasteiger partial charge is 0.348 e. The summed E-state index contributed by atoms with van der Waals surface area (Å²) >= 11 is 0. The van der Waals surface area contributed by atoms with E-state index in [1.165, 1.54) is 6.08 Å². The maximum Gasteiger partial charge on any atom is 0.243 e. The highest BCUT2D eigenvalue weighted by Gasteiger charge is 2.10. The van der Waals surface area contributed by atoms with E-state index in [0.29, 0.717) is 18.5 Å². The normalized spacial score (nSPS) is 10.7. The molecule has 0 fully saturated rings. The summed E-state index contributed by atoms with van der Waals surface area (Å²) in [5.74, 6) is 0.328. The number of hydrogen-bond acceptors (Lipinski definition) is 5. The van der Waals surface area contributed by atoms with Crippen molar-refractivity contribution in [3.63, 3.8) is 0 Å². The number of hydrogen-bond donors (Lipinski definition) is 2. The van der Waals surface area contributed by atoms with Crippen molar-refractivity contribution < 1.29 is 4.79 Å². The summed E-state index contributed by atoms with van der Waals surface area (Å²) in [6.07, 6.45) is 6.88. The lowest BCUT2D eigenvalue weighted by Crippen LogP contribution is -2.19. The van der Waals surface area contributed by atoms with Crippen LogP contribution < -0.4 is 10.6 Å². The summed E-state index contributed by atoms with van der Waals surface area (Å²) in [5.41, 5.74) is 4.67. The van der Waals surface area contributed by atoms with Gasteiger partial charge in [0.05, 0.1) is 11.9 Å². The molecule has 0 atom stereocenters. The molecule has 0 aliphatic carbocycles. The number of aryl methyl sites for hydroxylation is 1. The summed E-state index contributed by atoms with van der Waals surface area (Å²) in [6.45, 7) is 10.0. The molecule has 1 amide bonds. The fourth-order valence-electron chi connectivity index (χ4n) is 2.63. The van der Waals surface area contributed by atoms with E-state index in [9.17, 15) is 4.79 Å². The molecule has 3 rings (SSSR count). The number of carbonyl (C=O) groups is 1. The molecule has 1 aromatic carbocycles. The van der Waals surface area contributed by atoms with Gasteiger partial charge in [-0.05, 0) is 50.1 Å². The Morgan fingerprint density at radius 3 is 2.64 bits per heavy atom. The Hall–Kier alpha value is -3.48. The Morgan fingerprint density at radius 2 is 2.00 bits per heavy atom. The summed E-state index contributed by atoms with van der Waals surface area (Å²) in [6, 6.07) is 8.02. The molecule has 144 valence electrons. The first-order chi connectivity index (χ1) is 13.5. The number of aromatic nitrogens is 4. The monoisotopic (exact) mass is 376 g/mol. The average molecular weight is 376 g/mol. The third-order valence-electron chi connectivity index (χ3n) is 4.24. The topological polar surface area (TPSA) is 84.7 Å². The first kappa shape index (κ1) is 19.3. The molecule has 2 heterocycles. The summed E-state index contributed by atoms with van der Waals surface area (Å²) in [4.78, 5) is 20.3. The van der Waals surface area contributed by atoms with Gasteiger partial charge in [-0.3, -0.25) is 9.48 Å². The van der Waals surface area contributed by atoms with Gasteiger partial charge in [-0.15, -0.1) is 0 Å². The van der Waals surface area contributed by atoms with Gasteiger partial charge in [0.15, 0.2) is 0 Å². The molecule has 0 spiro atoms. The highest BCUT2D eigenvalue weighted by Crippen LogP contribution is 2.23. The minimum Gasteiger partial charge on any atom is -0.348 e. The van der Waals surface area contributed by atoms with Crippen LogP contribution in [0.15, 0.2) is 55.5 Å². The fourth-order valence-corrected chi connectivity index (χ4v) is 2.63. The van der Waals surface area contributed by atoms with Gasteiger partial charge >= 0.3 is 0 Å². The van der Waals surface area contributed by atoms with Crippen molar-refractivity contribution in [3.8, 4) is 11.3 Å². The van der Waals surface area contributed by atoms with E-state index in [1.54, 1.807) is 6.20 Å². The zero-order valence-corrected chi connectivity index (χ0v) is 16.3. The van der Waals surface area contributed by atoms with Crippen LogP contribution in [0.2, 0.25) is 0 Å². The first-order valence-electron chi connectivity index (χ1n) is 9.10. The Labute approximate surface area is 164 Å². The van der Waals surface area contributed by atoms with E-state index >= 15 is 0 Å². The van der Waals surface area contributed by atoms with Gasteiger partial charge in [0.25, 0.3) is 0 Å². The van der Waals surface area contributed by atoms with Gasteiger partial charge in [-0.25, -0.2) is 9.97 Å². The fraction of sp³-hybridized carbons (Fsp3) is 0.238. The second-order valence-electron chi connectivity index (χ2n) is 6.77. The molecular weight excluding hydrogens is 352 g/mol. The van der Waals surface area contributed by atoms with Crippen molar-refractivity contribution >= 4 is 17.5 Å². The third-order valence-corrected chi connectivity index (χ3v) is 4.24. The smallest absolute Gasteiger partial charge is 0.243 e. The number of carbonyl (C=O) groups excluding carboxylic acids is 1. The van der Waals surface area contributed by atoms with Crippen molar-refractivity contribution in [2.75, 3.05) is 5.32 Å². The predicted octanol–water partition coefficient (Wildman–Crippen LogP) is 3.78. The molecule has 7 nitrogen and oxygen atoms in total. The van der Waals surface area contributed by atoms with Crippen molar-refractivity contribution in [1.29, 1.82) is 0 Å². The van der Waals surface area contributed by atoms with E-state index in [1.807, 2.05) is 48.3 Å². The lowest BCUT2D eigenvalue weighted by atomic mass is 10.1. The first-order valence-corrected chi connectivity index (χ1v) is 9.10. The number of amides is 1. The predicted molar refractivity (Wildman–Crippen MR) is 110 cm³/mol. The lowest BCUT2D eigenvalue weighted by Gasteiger charge is -2.09. The van der Waals surface area contributed by atoms with Crippen molar-refractivity contribution in [1.82, 2.24) is 25.1 Å². The van der Waals surface area contributed by atoms with Gasteiger partial charge < -0.3 is 10.6 Å². The van der Waals surface area contributed by atoms with Gasteiger partial charge in [0.1, 0.15) is 0 Å².